The van der Waals surface area contributed by atoms with Gasteiger partial charge >= 0.3 is 5.97 Å². The summed E-state index contributed by atoms with van der Waals surface area (Å²) in [6.45, 7) is 0.110. The number of phenolic OH excluding ortho intramolecular Hbond substituents is 1. The first-order valence-corrected chi connectivity index (χ1v) is 10.9. The molecule has 4 N–H and O–H groups in total. The number of esters is 1. The van der Waals surface area contributed by atoms with Gasteiger partial charge in [0.15, 0.2) is 0 Å². The number of fused-ring (bicyclic) bond motifs is 6. The molecule has 8 nitrogen and oxygen atoms in total. The Hall–Kier alpha value is -3.56. The van der Waals surface area contributed by atoms with Crippen LogP contribution in [0.5, 0.6) is 11.5 Å². The number of hydrogen-bond donors (Lipinski definition) is 3. The number of benzene rings is 3. The van der Waals surface area contributed by atoms with Crippen LogP contribution in [0.2, 0.25) is 0 Å². The van der Waals surface area contributed by atoms with Crippen LogP contribution in [0.1, 0.15) is 11.1 Å². The number of aromatic hydroxyl groups is 1. The van der Waals surface area contributed by atoms with Crippen molar-refractivity contribution >= 4 is 44.3 Å². The van der Waals surface area contributed by atoms with Gasteiger partial charge in [0.05, 0.1) is 12.2 Å². The number of nitrogens with one attached hydrogen (secondary N) is 1. The maximum Gasteiger partial charge on any atom is 0.341 e. The number of carbonyl (C=O) groups excluding carboxylic acids is 2. The van der Waals surface area contributed by atoms with Gasteiger partial charge in [-0.05, 0) is 29.7 Å². The van der Waals surface area contributed by atoms with Crippen molar-refractivity contribution in [3.8, 4) is 11.5 Å². The molecule has 33 heavy (non-hydrogen) atoms. The van der Waals surface area contributed by atoms with Crippen LogP contribution in [-0.2, 0) is 24.5 Å². The summed E-state index contributed by atoms with van der Waals surface area (Å²) in [6.07, 6.45) is 0. The zero-order valence-corrected chi connectivity index (χ0v) is 19.1. The summed E-state index contributed by atoms with van der Waals surface area (Å²) in [5, 5.41) is 15.3. The van der Waals surface area contributed by atoms with E-state index >= 15 is 0 Å². The van der Waals surface area contributed by atoms with Gasteiger partial charge < -0.3 is 30.4 Å². The standard InChI is InChI=1S/C24H19BrN2O6/c1-31-8-9-32-22(29)19-21(26)33-20-14-5-3-2-4-12(14)10-17(28)18(20)24(19)15-11-13(25)6-7-16(15)27-23(24)30/h2-7,10-11,28H,8-9,26H2,1H3,(H,27,30)/t24-/m1/s1. The SMILES string of the molecule is COCCOC(=O)C1=C(N)Oc2c(c(O)cc3ccccc23)[C@@]12C(=O)Nc1ccc(Br)cc12. The molecule has 168 valence electrons. The van der Waals surface area contributed by atoms with Crippen molar-refractivity contribution in [1.82, 2.24) is 0 Å². The predicted molar refractivity (Wildman–Crippen MR) is 124 cm³/mol. The largest absolute Gasteiger partial charge is 0.507 e. The lowest BCUT2D eigenvalue weighted by Crippen LogP contribution is -2.46. The number of anilines is 1. The third-order valence-electron chi connectivity index (χ3n) is 5.89. The summed E-state index contributed by atoms with van der Waals surface area (Å²) in [6, 6.07) is 14.0. The lowest BCUT2D eigenvalue weighted by Gasteiger charge is -2.36. The second-order valence-electron chi connectivity index (χ2n) is 7.69. The normalized spacial score (nSPS) is 18.7. The Balaban J connectivity index is 1.87. The number of hydrogen-bond acceptors (Lipinski definition) is 7. The van der Waals surface area contributed by atoms with Crippen molar-refractivity contribution in [2.45, 2.75) is 5.41 Å². The van der Waals surface area contributed by atoms with Gasteiger partial charge in [0, 0.05) is 28.2 Å². The molecule has 9 heteroatoms. The van der Waals surface area contributed by atoms with Crippen LogP contribution < -0.4 is 15.8 Å². The van der Waals surface area contributed by atoms with Crippen LogP contribution in [0.3, 0.4) is 0 Å². The average molecular weight is 511 g/mol. The zero-order valence-electron chi connectivity index (χ0n) is 17.5. The van der Waals surface area contributed by atoms with E-state index in [1.807, 2.05) is 12.1 Å². The van der Waals surface area contributed by atoms with E-state index in [-0.39, 0.29) is 41.7 Å². The monoisotopic (exact) mass is 510 g/mol. The van der Waals surface area contributed by atoms with Gasteiger partial charge in [0.1, 0.15) is 29.1 Å². The highest BCUT2D eigenvalue weighted by Gasteiger charge is 2.60. The third kappa shape index (κ3) is 3.00. The van der Waals surface area contributed by atoms with Crippen molar-refractivity contribution in [1.29, 1.82) is 0 Å². The number of methoxy groups -OCH3 is 1. The van der Waals surface area contributed by atoms with Crippen molar-refractivity contribution in [2.75, 3.05) is 25.6 Å². The smallest absolute Gasteiger partial charge is 0.341 e. The van der Waals surface area contributed by atoms with Gasteiger partial charge in [-0.25, -0.2) is 4.79 Å². The van der Waals surface area contributed by atoms with E-state index in [9.17, 15) is 14.7 Å². The van der Waals surface area contributed by atoms with Crippen molar-refractivity contribution in [3.05, 3.63) is 75.6 Å². The predicted octanol–water partition coefficient (Wildman–Crippen LogP) is 3.30. The van der Waals surface area contributed by atoms with E-state index in [1.165, 1.54) is 13.2 Å². The molecule has 0 unspecified atom stereocenters. The Morgan fingerprint density at radius 3 is 2.79 bits per heavy atom. The molecule has 0 radical (unpaired) electrons. The van der Waals surface area contributed by atoms with Crippen molar-refractivity contribution < 1.29 is 28.9 Å². The van der Waals surface area contributed by atoms with E-state index in [2.05, 4.69) is 21.2 Å². The molecular weight excluding hydrogens is 492 g/mol. The molecule has 3 aromatic rings. The Morgan fingerprint density at radius 1 is 1.21 bits per heavy atom. The van der Waals surface area contributed by atoms with Gasteiger partial charge in [-0.15, -0.1) is 0 Å². The van der Waals surface area contributed by atoms with E-state index in [1.54, 1.807) is 30.3 Å². The summed E-state index contributed by atoms with van der Waals surface area (Å²) in [7, 11) is 1.48. The fraction of sp³-hybridized carbons (Fsp3) is 0.167. The van der Waals surface area contributed by atoms with Crippen LogP contribution in [0.25, 0.3) is 10.8 Å². The van der Waals surface area contributed by atoms with Gasteiger partial charge in [-0.2, -0.15) is 0 Å². The first-order valence-electron chi connectivity index (χ1n) is 10.1. The first-order chi connectivity index (χ1) is 15.9. The Kier molecular flexibility index (Phi) is 5.02. The molecule has 0 saturated carbocycles. The summed E-state index contributed by atoms with van der Waals surface area (Å²) >= 11 is 3.44. The molecule has 1 atom stereocenters. The molecule has 0 saturated heterocycles. The zero-order chi connectivity index (χ0) is 23.3. The fourth-order valence-corrected chi connectivity index (χ4v) is 4.91. The minimum atomic E-state index is -1.78. The molecule has 2 aliphatic rings. The van der Waals surface area contributed by atoms with Crippen LogP contribution >= 0.6 is 15.9 Å². The molecule has 1 spiro atoms. The molecule has 0 aliphatic carbocycles. The number of ether oxygens (including phenoxy) is 3. The quantitative estimate of drug-likeness (QED) is 0.363. The molecule has 3 aromatic carbocycles. The van der Waals surface area contributed by atoms with Gasteiger partial charge in [0.25, 0.3) is 0 Å². The van der Waals surface area contributed by atoms with E-state index in [4.69, 9.17) is 19.9 Å². The number of rotatable bonds is 4. The molecule has 1 amide bonds. The Bertz CT molecular complexity index is 1370. The highest BCUT2D eigenvalue weighted by atomic mass is 79.9. The minimum Gasteiger partial charge on any atom is -0.507 e. The van der Waals surface area contributed by atoms with Gasteiger partial charge in [0.2, 0.25) is 11.8 Å². The van der Waals surface area contributed by atoms with Crippen molar-refractivity contribution in [2.24, 2.45) is 5.73 Å². The third-order valence-corrected chi connectivity index (χ3v) is 6.38. The van der Waals surface area contributed by atoms with Crippen LogP contribution in [-0.4, -0.2) is 37.3 Å². The summed E-state index contributed by atoms with van der Waals surface area (Å²) < 4.78 is 16.9. The Morgan fingerprint density at radius 2 is 2.00 bits per heavy atom. The number of nitrogens with two attached hydrogens (primary N) is 1. The lowest BCUT2D eigenvalue weighted by molar-refractivity contribution is -0.142. The maximum absolute atomic E-state index is 13.7. The fourth-order valence-electron chi connectivity index (χ4n) is 4.55. The first kappa shape index (κ1) is 21.3. The molecule has 0 aromatic heterocycles. The number of carbonyl (C=O) groups is 2. The van der Waals surface area contributed by atoms with Crippen LogP contribution in [0.4, 0.5) is 5.69 Å². The van der Waals surface area contributed by atoms with Crippen LogP contribution in [0.15, 0.2) is 64.5 Å². The molecule has 5 rings (SSSR count). The van der Waals surface area contributed by atoms with Crippen molar-refractivity contribution in [3.63, 3.8) is 0 Å². The van der Waals surface area contributed by atoms with Gasteiger partial charge in [-0.3, -0.25) is 4.79 Å². The minimum absolute atomic E-state index is 0.0499. The van der Waals surface area contributed by atoms with Crippen LogP contribution in [0, 0.1) is 0 Å². The Labute approximate surface area is 197 Å². The highest BCUT2D eigenvalue weighted by molar-refractivity contribution is 9.10. The topological polar surface area (TPSA) is 120 Å². The molecule has 0 bridgehead atoms. The maximum atomic E-state index is 13.7. The molecular formula is C24H19BrN2O6. The second kappa shape index (κ2) is 7.79. The average Bonchev–Trinajstić information content (AvgIpc) is 3.05. The number of amides is 1. The molecule has 2 heterocycles. The lowest BCUT2D eigenvalue weighted by atomic mass is 9.67. The summed E-state index contributed by atoms with van der Waals surface area (Å²) in [5.74, 6) is -1.66. The van der Waals surface area contributed by atoms with E-state index in [0.717, 1.165) is 0 Å². The van der Waals surface area contributed by atoms with E-state index < -0.39 is 17.3 Å². The molecule has 0 fully saturated rings. The summed E-state index contributed by atoms with van der Waals surface area (Å²) in [4.78, 5) is 27.0. The number of halogens is 1. The molecule has 2 aliphatic heterocycles. The van der Waals surface area contributed by atoms with E-state index in [0.29, 0.717) is 26.5 Å². The summed E-state index contributed by atoms with van der Waals surface area (Å²) in [5.41, 5.74) is 5.37. The van der Waals surface area contributed by atoms with Gasteiger partial charge in [-0.1, -0.05) is 40.2 Å². The second-order valence-corrected chi connectivity index (χ2v) is 8.60. The highest BCUT2D eigenvalue weighted by Crippen LogP contribution is 2.58. The number of phenols is 1.